The maximum atomic E-state index is 13.0. The Kier molecular flexibility index (Phi) is 4.66. The van der Waals surface area contributed by atoms with Gasteiger partial charge in [-0.15, -0.1) is 0 Å². The summed E-state index contributed by atoms with van der Waals surface area (Å²) in [6.45, 7) is 2.73. The first-order valence-electron chi connectivity index (χ1n) is 8.85. The minimum Gasteiger partial charge on any atom is -0.486 e. The van der Waals surface area contributed by atoms with E-state index in [4.69, 9.17) is 9.47 Å². The zero-order chi connectivity index (χ0) is 18.8. The molecule has 140 valence electrons. The van der Waals surface area contributed by atoms with Crippen molar-refractivity contribution in [2.24, 2.45) is 0 Å². The second-order valence-corrected chi connectivity index (χ2v) is 6.45. The predicted octanol–water partition coefficient (Wildman–Crippen LogP) is 2.20. The van der Waals surface area contributed by atoms with Gasteiger partial charge in [0.05, 0.1) is 0 Å². The number of carbonyl (C=O) groups is 2. The first kappa shape index (κ1) is 17.3. The molecular weight excluding hydrogens is 351 g/mol. The Morgan fingerprint density at radius 2 is 1.26 bits per heavy atom. The van der Waals surface area contributed by atoms with E-state index in [0.717, 1.165) is 0 Å². The van der Waals surface area contributed by atoms with Crippen molar-refractivity contribution in [1.82, 2.24) is 9.80 Å². The molecule has 7 heteroatoms. The first-order valence-corrected chi connectivity index (χ1v) is 8.85. The second-order valence-electron chi connectivity index (χ2n) is 6.45. The zero-order valence-corrected chi connectivity index (χ0v) is 14.7. The molecule has 1 fully saturated rings. The van der Waals surface area contributed by atoms with Crippen LogP contribution in [0.1, 0.15) is 20.7 Å². The molecule has 2 aromatic rings. The van der Waals surface area contributed by atoms with E-state index in [1.54, 1.807) is 28.0 Å². The molecule has 0 unspecified atom stereocenters. The number of halogens is 1. The van der Waals surface area contributed by atoms with E-state index in [0.29, 0.717) is 62.0 Å². The predicted molar refractivity (Wildman–Crippen MR) is 95.6 cm³/mol. The lowest BCUT2D eigenvalue weighted by Crippen LogP contribution is -2.50. The molecule has 0 radical (unpaired) electrons. The Hall–Kier alpha value is -3.09. The molecule has 6 nitrogen and oxygen atoms in total. The van der Waals surface area contributed by atoms with Crippen LogP contribution in [0, 0.1) is 5.82 Å². The van der Waals surface area contributed by atoms with Crippen molar-refractivity contribution < 1.29 is 23.5 Å². The lowest BCUT2D eigenvalue weighted by Gasteiger charge is -2.35. The van der Waals surface area contributed by atoms with Gasteiger partial charge in [0.1, 0.15) is 19.0 Å². The van der Waals surface area contributed by atoms with Gasteiger partial charge < -0.3 is 19.3 Å². The number of amides is 2. The highest BCUT2D eigenvalue weighted by Gasteiger charge is 2.26. The van der Waals surface area contributed by atoms with Crippen LogP contribution < -0.4 is 9.47 Å². The van der Waals surface area contributed by atoms with E-state index < -0.39 is 0 Å². The molecule has 2 aliphatic heterocycles. The molecule has 1 saturated heterocycles. The van der Waals surface area contributed by atoms with Crippen LogP contribution in [-0.2, 0) is 0 Å². The number of hydrogen-bond donors (Lipinski definition) is 0. The molecule has 0 bridgehead atoms. The molecule has 0 saturated carbocycles. The number of carbonyl (C=O) groups excluding carboxylic acids is 2. The van der Waals surface area contributed by atoms with Crippen molar-refractivity contribution in [2.75, 3.05) is 39.4 Å². The molecule has 0 spiro atoms. The number of piperazine rings is 1. The average molecular weight is 370 g/mol. The van der Waals surface area contributed by atoms with Crippen LogP contribution in [0.2, 0.25) is 0 Å². The summed E-state index contributed by atoms with van der Waals surface area (Å²) in [6.07, 6.45) is 0. The molecule has 2 amide bonds. The second kappa shape index (κ2) is 7.26. The van der Waals surface area contributed by atoms with Gasteiger partial charge in [0.15, 0.2) is 11.5 Å². The van der Waals surface area contributed by atoms with Crippen LogP contribution in [0.4, 0.5) is 4.39 Å². The van der Waals surface area contributed by atoms with E-state index in [1.165, 1.54) is 24.3 Å². The third-order valence-corrected chi connectivity index (χ3v) is 4.73. The van der Waals surface area contributed by atoms with Gasteiger partial charge >= 0.3 is 0 Å². The number of hydrogen-bond acceptors (Lipinski definition) is 4. The maximum absolute atomic E-state index is 13.0. The standard InChI is InChI=1S/C20H19FN2O4/c21-16-4-1-14(2-5-16)19(24)22-7-9-23(10-8-22)20(25)15-3-6-17-18(13-15)27-12-11-26-17/h1-6,13H,7-12H2. The van der Waals surface area contributed by atoms with Gasteiger partial charge in [0, 0.05) is 37.3 Å². The number of rotatable bonds is 2. The molecule has 27 heavy (non-hydrogen) atoms. The molecule has 0 aromatic heterocycles. The third kappa shape index (κ3) is 3.58. The largest absolute Gasteiger partial charge is 0.486 e. The van der Waals surface area contributed by atoms with E-state index in [-0.39, 0.29) is 17.6 Å². The highest BCUT2D eigenvalue weighted by atomic mass is 19.1. The minimum absolute atomic E-state index is 0.0964. The Labute approximate surface area is 156 Å². The van der Waals surface area contributed by atoms with Gasteiger partial charge in [0.25, 0.3) is 11.8 Å². The van der Waals surface area contributed by atoms with Gasteiger partial charge in [-0.2, -0.15) is 0 Å². The van der Waals surface area contributed by atoms with Crippen LogP contribution >= 0.6 is 0 Å². The monoisotopic (exact) mass is 370 g/mol. The molecular formula is C20H19FN2O4. The number of benzene rings is 2. The molecule has 0 N–H and O–H groups in total. The van der Waals surface area contributed by atoms with Gasteiger partial charge in [-0.25, -0.2) is 4.39 Å². The number of ether oxygens (including phenoxy) is 2. The lowest BCUT2D eigenvalue weighted by molar-refractivity contribution is 0.0535. The zero-order valence-electron chi connectivity index (χ0n) is 14.7. The Balaban J connectivity index is 1.39. The summed E-state index contributed by atoms with van der Waals surface area (Å²) in [5.74, 6) is 0.605. The summed E-state index contributed by atoms with van der Waals surface area (Å²) >= 11 is 0. The highest BCUT2D eigenvalue weighted by molar-refractivity contribution is 5.96. The molecule has 4 rings (SSSR count). The molecule has 0 aliphatic carbocycles. The Morgan fingerprint density at radius 3 is 1.89 bits per heavy atom. The SMILES string of the molecule is O=C(c1ccc(F)cc1)N1CCN(C(=O)c2ccc3c(c2)OCCO3)CC1. The third-order valence-electron chi connectivity index (χ3n) is 4.73. The molecule has 0 atom stereocenters. The van der Waals surface area contributed by atoms with Gasteiger partial charge in [-0.3, -0.25) is 9.59 Å². The van der Waals surface area contributed by atoms with Gasteiger partial charge in [-0.05, 0) is 42.5 Å². The summed E-state index contributed by atoms with van der Waals surface area (Å²) < 4.78 is 24.0. The fourth-order valence-corrected chi connectivity index (χ4v) is 3.25. The van der Waals surface area contributed by atoms with Gasteiger partial charge in [0.2, 0.25) is 0 Å². The number of fused-ring (bicyclic) bond motifs is 1. The van der Waals surface area contributed by atoms with Crippen molar-refractivity contribution in [3.05, 3.63) is 59.4 Å². The fourth-order valence-electron chi connectivity index (χ4n) is 3.25. The van der Waals surface area contributed by atoms with Crippen molar-refractivity contribution in [3.8, 4) is 11.5 Å². The van der Waals surface area contributed by atoms with Crippen LogP contribution in [0.3, 0.4) is 0 Å². The van der Waals surface area contributed by atoms with Crippen molar-refractivity contribution >= 4 is 11.8 Å². The Morgan fingerprint density at radius 1 is 0.741 bits per heavy atom. The van der Waals surface area contributed by atoms with E-state index >= 15 is 0 Å². The number of nitrogens with zero attached hydrogens (tertiary/aromatic N) is 2. The minimum atomic E-state index is -0.374. The fraction of sp³-hybridized carbons (Fsp3) is 0.300. The summed E-state index contributed by atoms with van der Waals surface area (Å²) in [7, 11) is 0. The smallest absolute Gasteiger partial charge is 0.254 e. The van der Waals surface area contributed by atoms with Crippen LogP contribution in [-0.4, -0.2) is 61.0 Å². The van der Waals surface area contributed by atoms with Crippen molar-refractivity contribution in [2.45, 2.75) is 0 Å². The van der Waals surface area contributed by atoms with Crippen molar-refractivity contribution in [1.29, 1.82) is 0 Å². The van der Waals surface area contributed by atoms with Crippen molar-refractivity contribution in [3.63, 3.8) is 0 Å². The summed E-state index contributed by atoms with van der Waals surface area (Å²) in [4.78, 5) is 28.6. The quantitative estimate of drug-likeness (QED) is 0.813. The van der Waals surface area contributed by atoms with Gasteiger partial charge in [-0.1, -0.05) is 0 Å². The van der Waals surface area contributed by atoms with E-state index in [9.17, 15) is 14.0 Å². The summed E-state index contributed by atoms with van der Waals surface area (Å²) in [6, 6.07) is 10.7. The van der Waals surface area contributed by atoms with Crippen LogP contribution in [0.15, 0.2) is 42.5 Å². The maximum Gasteiger partial charge on any atom is 0.254 e. The average Bonchev–Trinajstić information content (AvgIpc) is 2.73. The van der Waals surface area contributed by atoms with E-state index in [2.05, 4.69) is 0 Å². The Bertz CT molecular complexity index is 861. The summed E-state index contributed by atoms with van der Waals surface area (Å²) in [5.41, 5.74) is 0.987. The van der Waals surface area contributed by atoms with E-state index in [1.807, 2.05) is 0 Å². The normalized spacial score (nSPS) is 16.2. The highest BCUT2D eigenvalue weighted by Crippen LogP contribution is 2.31. The molecule has 2 heterocycles. The van der Waals surface area contributed by atoms with Crippen LogP contribution in [0.5, 0.6) is 11.5 Å². The molecule has 2 aliphatic rings. The first-order chi connectivity index (χ1) is 13.1. The topological polar surface area (TPSA) is 59.1 Å². The molecule has 2 aromatic carbocycles. The van der Waals surface area contributed by atoms with Crippen LogP contribution in [0.25, 0.3) is 0 Å². The lowest BCUT2D eigenvalue weighted by atomic mass is 10.1. The summed E-state index contributed by atoms with van der Waals surface area (Å²) in [5, 5.41) is 0.